The van der Waals surface area contributed by atoms with Gasteiger partial charge in [0.1, 0.15) is 0 Å². The van der Waals surface area contributed by atoms with Crippen LogP contribution in [0.25, 0.3) is 89.8 Å². The minimum Gasteiger partial charge on any atom is -0.512 e. The van der Waals surface area contributed by atoms with Gasteiger partial charge in [-0.1, -0.05) is 156 Å². The molecule has 6 aromatic heterocycles. The molecule has 0 atom stereocenters. The Hall–Kier alpha value is -9.53. The number of aliphatic hydroxyl groups excluding tert-OH is 1. The topological polar surface area (TPSA) is 115 Å². The van der Waals surface area contributed by atoms with Gasteiger partial charge in [-0.15, -0.1) is 214 Å². The zero-order valence-corrected chi connectivity index (χ0v) is 66.9. The van der Waals surface area contributed by atoms with Gasteiger partial charge in [0, 0.05) is 135 Å². The van der Waals surface area contributed by atoms with Crippen LogP contribution < -0.4 is 0 Å². The van der Waals surface area contributed by atoms with Gasteiger partial charge in [0.05, 0.1) is 5.76 Å². The fourth-order valence-electron chi connectivity index (χ4n) is 9.81. The number of aromatic nitrogens is 6. The quantitative estimate of drug-likeness (QED) is 0.0863. The average molecular weight is 2060 g/mol. The standard InChI is InChI=1S/2C18H14N.4C12H10N.C5H8O2.2CH4.4Ir/c2*1-14-12-18(16-10-6-3-7-11-16)19-13-17(14)15-8-4-2-5-9-15;3*1-10-6-2-3-7-11(10)12-8-4-5-9-13-12;1-10-7-8-13-12(9-10)11-5-3-2-4-6-11;1-4(6)3-5(2)7;;;;;;/h2*2-10,12-13H,1H3;3*2-6,8-9H,1H3;2-5,7-9H,1H3;3,6H,1-2H3;2*1H4;;;;/q6*-1;;;;;;;. The summed E-state index contributed by atoms with van der Waals surface area (Å²) in [6.45, 7) is 15.4. The van der Waals surface area contributed by atoms with Crippen molar-refractivity contribution in [2.24, 2.45) is 0 Å². The van der Waals surface area contributed by atoms with Crippen molar-refractivity contribution in [2.45, 2.75) is 70.2 Å². The summed E-state index contributed by atoms with van der Waals surface area (Å²) < 4.78 is 0. The fraction of sp³-hybridized carbons (Fsp3) is 0.110. The number of allylic oxidation sites excluding steroid dienone is 2. The van der Waals surface area contributed by atoms with Crippen LogP contribution in [0.15, 0.2) is 316 Å². The molecule has 0 aliphatic carbocycles. The molecule has 532 valence electrons. The summed E-state index contributed by atoms with van der Waals surface area (Å²) >= 11 is 0. The molecular weight excluding hydrogens is 1980 g/mol. The number of aryl methyl sites for hydroxylation is 6. The van der Waals surface area contributed by atoms with E-state index in [1.54, 1.807) is 18.6 Å². The summed E-state index contributed by atoms with van der Waals surface area (Å²) in [4.78, 5) is 36.2. The first-order chi connectivity index (χ1) is 47.3. The molecule has 0 aliphatic heterocycles. The minimum atomic E-state index is -0.125. The van der Waals surface area contributed by atoms with Crippen LogP contribution in [0, 0.1) is 77.9 Å². The van der Waals surface area contributed by atoms with E-state index in [0.717, 1.165) is 67.5 Å². The number of rotatable bonds is 9. The molecule has 14 aromatic rings. The first-order valence-electron chi connectivity index (χ1n) is 31.7. The van der Waals surface area contributed by atoms with E-state index in [0.29, 0.717) is 0 Å². The van der Waals surface area contributed by atoms with Gasteiger partial charge in [0.25, 0.3) is 0 Å². The largest absolute Gasteiger partial charge is 0.512 e. The molecule has 0 amide bonds. The van der Waals surface area contributed by atoms with E-state index in [4.69, 9.17) is 5.11 Å². The van der Waals surface area contributed by atoms with Crippen molar-refractivity contribution in [3.63, 3.8) is 0 Å². The molecule has 14 rings (SSSR count). The second kappa shape index (κ2) is 49.1. The molecule has 0 spiro atoms. The number of ketones is 1. The second-order valence-corrected chi connectivity index (χ2v) is 22.3. The van der Waals surface area contributed by atoms with Crippen molar-refractivity contribution < 1.29 is 90.3 Å². The van der Waals surface area contributed by atoms with Gasteiger partial charge in [0.15, 0.2) is 5.78 Å². The molecule has 6 heterocycles. The molecule has 0 saturated heterocycles. The van der Waals surface area contributed by atoms with Crippen molar-refractivity contribution in [3.8, 4) is 89.8 Å². The van der Waals surface area contributed by atoms with Gasteiger partial charge in [-0.2, -0.15) is 0 Å². The Bertz CT molecular complexity index is 4360. The first kappa shape index (κ1) is 89.6. The van der Waals surface area contributed by atoms with Crippen LogP contribution in [-0.4, -0.2) is 40.8 Å². The van der Waals surface area contributed by atoms with Gasteiger partial charge in [-0.05, 0) is 115 Å². The molecule has 1 N–H and O–H groups in total. The van der Waals surface area contributed by atoms with Crippen molar-refractivity contribution in [1.82, 2.24) is 29.9 Å². The Kier molecular flexibility index (Phi) is 42.7. The Morgan fingerprint density at radius 3 is 0.893 bits per heavy atom. The molecule has 0 saturated carbocycles. The second-order valence-electron chi connectivity index (χ2n) is 22.3. The third kappa shape index (κ3) is 29.8. The van der Waals surface area contributed by atoms with Crippen molar-refractivity contribution >= 4 is 5.78 Å². The van der Waals surface area contributed by atoms with Gasteiger partial charge < -0.3 is 35.0 Å². The molecule has 0 fully saturated rings. The van der Waals surface area contributed by atoms with Crippen molar-refractivity contribution in [2.75, 3.05) is 0 Å². The summed E-state index contributed by atoms with van der Waals surface area (Å²) in [7, 11) is 0. The Labute approximate surface area is 665 Å². The van der Waals surface area contributed by atoms with Crippen LogP contribution in [0.2, 0.25) is 0 Å². The van der Waals surface area contributed by atoms with E-state index in [2.05, 4.69) is 169 Å². The molecule has 0 aliphatic rings. The SMILES string of the molecule is C.C.CC(=O)C=C(C)O.Cc1cc(-c2[c-]cccc2)ncc1-c1ccccc1.Cc1cc(-c2[c-]cccc2)ncc1-c1ccccc1.Cc1ccc[c-]c1-c1ccccn1.Cc1ccc[c-]c1-c1ccccn1.Cc1ccc[c-]c1-c1ccccn1.Cc1ccnc(-c2[c-]cccc2)c1.[Ir].[Ir].[Ir].[Ir]. The van der Waals surface area contributed by atoms with Crippen LogP contribution in [-0.2, 0) is 85.2 Å². The number of aliphatic hydroxyl groups is 1. The van der Waals surface area contributed by atoms with E-state index in [-0.39, 0.29) is 107 Å². The molecular formula is C91H84Ir4N6O2-6. The maximum atomic E-state index is 10.0. The summed E-state index contributed by atoms with van der Waals surface area (Å²) in [6, 6.07) is 107. The number of benzene rings is 8. The van der Waals surface area contributed by atoms with E-state index in [9.17, 15) is 4.79 Å². The Morgan fingerprint density at radius 2 is 0.631 bits per heavy atom. The Balaban J connectivity index is 0.000000411. The zero-order chi connectivity index (χ0) is 68.4. The predicted molar refractivity (Wildman–Crippen MR) is 411 cm³/mol. The first-order valence-corrected chi connectivity index (χ1v) is 31.7. The summed E-state index contributed by atoms with van der Waals surface area (Å²) in [5, 5.41) is 8.36. The van der Waals surface area contributed by atoms with Crippen molar-refractivity contribution in [3.05, 3.63) is 386 Å². The van der Waals surface area contributed by atoms with Crippen LogP contribution in [0.3, 0.4) is 0 Å². The van der Waals surface area contributed by atoms with Crippen molar-refractivity contribution in [1.29, 1.82) is 0 Å². The van der Waals surface area contributed by atoms with E-state index in [1.807, 2.05) is 225 Å². The van der Waals surface area contributed by atoms with E-state index in [1.165, 1.54) is 75.6 Å². The maximum Gasteiger partial charge on any atom is 0.155 e. The minimum absolute atomic E-state index is 0. The summed E-state index contributed by atoms with van der Waals surface area (Å²) in [5.74, 6) is -0.0625. The Morgan fingerprint density at radius 1 is 0.320 bits per heavy atom. The fourth-order valence-corrected chi connectivity index (χ4v) is 9.81. The summed E-state index contributed by atoms with van der Waals surface area (Å²) in [5.41, 5.74) is 24.3. The molecule has 8 nitrogen and oxygen atoms in total. The van der Waals surface area contributed by atoms with Gasteiger partial charge in [-0.3, -0.25) is 4.79 Å². The number of pyridine rings is 6. The monoisotopic (exact) mass is 2060 g/mol. The maximum absolute atomic E-state index is 10.0. The number of hydrogen-bond acceptors (Lipinski definition) is 8. The van der Waals surface area contributed by atoms with Crippen LogP contribution in [0.1, 0.15) is 62.1 Å². The normalized spacial score (nSPS) is 9.61. The molecule has 8 aromatic carbocycles. The molecule has 12 heteroatoms. The zero-order valence-electron chi connectivity index (χ0n) is 57.3. The van der Waals surface area contributed by atoms with Gasteiger partial charge in [0.2, 0.25) is 0 Å². The van der Waals surface area contributed by atoms with E-state index < -0.39 is 0 Å². The van der Waals surface area contributed by atoms with Crippen LogP contribution in [0.4, 0.5) is 0 Å². The third-order valence-corrected chi connectivity index (χ3v) is 14.6. The molecule has 103 heavy (non-hydrogen) atoms. The third-order valence-electron chi connectivity index (χ3n) is 14.6. The number of hydrogen-bond donors (Lipinski definition) is 1. The van der Waals surface area contributed by atoms with E-state index >= 15 is 0 Å². The van der Waals surface area contributed by atoms with Crippen LogP contribution in [0.5, 0.6) is 0 Å². The summed E-state index contributed by atoms with van der Waals surface area (Å²) in [6.07, 6.45) is 12.3. The number of carbonyl (C=O) groups excluding carboxylic acids is 1. The molecule has 0 unspecified atom stereocenters. The van der Waals surface area contributed by atoms with Gasteiger partial charge in [-0.25, -0.2) is 0 Å². The number of carbonyl (C=O) groups is 1. The number of nitrogens with zero attached hydrogens (tertiary/aromatic N) is 6. The van der Waals surface area contributed by atoms with Gasteiger partial charge >= 0.3 is 0 Å². The van der Waals surface area contributed by atoms with Crippen LogP contribution >= 0.6 is 0 Å². The molecule has 4 radical (unpaired) electrons. The predicted octanol–water partition coefficient (Wildman–Crippen LogP) is 22.8. The average Bonchev–Trinajstić information content (AvgIpc) is 0.846. The smallest absolute Gasteiger partial charge is 0.155 e. The molecule has 0 bridgehead atoms.